The molecule has 0 aromatic heterocycles. The van der Waals surface area contributed by atoms with Crippen LogP contribution in [0.3, 0.4) is 0 Å². The molecule has 1 amide bonds. The third kappa shape index (κ3) is 4.62. The van der Waals surface area contributed by atoms with Crippen molar-refractivity contribution < 1.29 is 4.79 Å². The average Bonchev–Trinajstić information content (AvgIpc) is 2.18. The van der Waals surface area contributed by atoms with E-state index in [1.165, 1.54) is 0 Å². The molecular weight excluding hydrogens is 190 g/mol. The number of nitrogens with zero attached hydrogens (tertiary/aromatic N) is 1. The van der Waals surface area contributed by atoms with Crippen LogP contribution < -0.4 is 10.6 Å². The van der Waals surface area contributed by atoms with Crippen molar-refractivity contribution >= 4 is 5.91 Å². The lowest BCUT2D eigenvalue weighted by Gasteiger charge is -2.26. The molecule has 1 rings (SSSR count). The third-order valence-corrected chi connectivity index (χ3v) is 2.94. The van der Waals surface area contributed by atoms with E-state index in [1.54, 1.807) is 0 Å². The maximum Gasteiger partial charge on any atom is 0.234 e. The molecule has 0 aromatic rings. The lowest BCUT2D eigenvalue weighted by molar-refractivity contribution is -0.123. The lowest BCUT2D eigenvalue weighted by Crippen LogP contribution is -2.48. The van der Waals surface area contributed by atoms with Gasteiger partial charge in [0, 0.05) is 18.6 Å². The van der Waals surface area contributed by atoms with E-state index < -0.39 is 0 Å². The molecule has 4 nitrogen and oxygen atoms in total. The molecule has 1 aliphatic heterocycles. The summed E-state index contributed by atoms with van der Waals surface area (Å²) in [4.78, 5) is 13.7. The minimum atomic E-state index is 0.139. The monoisotopic (exact) mass is 213 g/mol. The van der Waals surface area contributed by atoms with Gasteiger partial charge in [-0.05, 0) is 40.3 Å². The Morgan fingerprint density at radius 2 is 2.33 bits per heavy atom. The summed E-state index contributed by atoms with van der Waals surface area (Å²) in [5.74, 6) is 0.139. The maximum atomic E-state index is 11.6. The fraction of sp³-hybridized carbons (Fsp3) is 0.909. The second-order valence-corrected chi connectivity index (χ2v) is 4.62. The van der Waals surface area contributed by atoms with Gasteiger partial charge in [-0.25, -0.2) is 0 Å². The van der Waals surface area contributed by atoms with Crippen molar-refractivity contribution in [2.45, 2.75) is 38.8 Å². The van der Waals surface area contributed by atoms with Crippen LogP contribution in [-0.4, -0.2) is 49.6 Å². The van der Waals surface area contributed by atoms with Gasteiger partial charge in [0.25, 0.3) is 0 Å². The predicted octanol–water partition coefficient (Wildman–Crippen LogP) is 0.195. The molecule has 1 atom stereocenters. The Labute approximate surface area is 92.4 Å². The molecule has 0 aromatic carbocycles. The number of rotatable bonds is 4. The molecule has 0 radical (unpaired) electrons. The summed E-state index contributed by atoms with van der Waals surface area (Å²) < 4.78 is 0. The third-order valence-electron chi connectivity index (χ3n) is 2.94. The summed E-state index contributed by atoms with van der Waals surface area (Å²) in [6.07, 6.45) is 2.26. The smallest absolute Gasteiger partial charge is 0.234 e. The highest BCUT2D eigenvalue weighted by Gasteiger charge is 2.16. The number of carbonyl (C=O) groups is 1. The van der Waals surface area contributed by atoms with Crippen molar-refractivity contribution in [1.82, 2.24) is 15.5 Å². The van der Waals surface area contributed by atoms with Gasteiger partial charge in [-0.1, -0.05) is 0 Å². The van der Waals surface area contributed by atoms with Crippen LogP contribution in [0, 0.1) is 0 Å². The van der Waals surface area contributed by atoms with E-state index in [-0.39, 0.29) is 5.91 Å². The summed E-state index contributed by atoms with van der Waals surface area (Å²) in [6.45, 7) is 6.68. The number of likely N-dealkylation sites (N-methyl/N-ethyl adjacent to an activating group) is 1. The van der Waals surface area contributed by atoms with Gasteiger partial charge in [0.15, 0.2) is 0 Å². The highest BCUT2D eigenvalue weighted by molar-refractivity contribution is 5.78. The molecule has 0 aliphatic carbocycles. The van der Waals surface area contributed by atoms with Crippen molar-refractivity contribution in [3.8, 4) is 0 Å². The Morgan fingerprint density at radius 3 is 2.87 bits per heavy atom. The molecule has 88 valence electrons. The van der Waals surface area contributed by atoms with Crippen LogP contribution in [0.1, 0.15) is 26.7 Å². The van der Waals surface area contributed by atoms with Crippen molar-refractivity contribution in [2.24, 2.45) is 0 Å². The van der Waals surface area contributed by atoms with Crippen LogP contribution in [0.5, 0.6) is 0 Å². The van der Waals surface area contributed by atoms with Crippen molar-refractivity contribution in [2.75, 3.05) is 26.7 Å². The fourth-order valence-corrected chi connectivity index (χ4v) is 1.66. The van der Waals surface area contributed by atoms with Gasteiger partial charge in [0.2, 0.25) is 5.91 Å². The van der Waals surface area contributed by atoms with Gasteiger partial charge in [-0.2, -0.15) is 0 Å². The fourth-order valence-electron chi connectivity index (χ4n) is 1.66. The zero-order valence-electron chi connectivity index (χ0n) is 10.0. The molecule has 0 spiro atoms. The second-order valence-electron chi connectivity index (χ2n) is 4.62. The van der Waals surface area contributed by atoms with Crippen LogP contribution in [-0.2, 0) is 4.79 Å². The van der Waals surface area contributed by atoms with E-state index in [1.807, 2.05) is 11.9 Å². The maximum absolute atomic E-state index is 11.6. The van der Waals surface area contributed by atoms with Crippen LogP contribution in [0.25, 0.3) is 0 Å². The Bertz CT molecular complexity index is 200. The van der Waals surface area contributed by atoms with Crippen molar-refractivity contribution in [3.63, 3.8) is 0 Å². The second kappa shape index (κ2) is 6.08. The van der Waals surface area contributed by atoms with E-state index in [4.69, 9.17) is 0 Å². The first-order valence-electron chi connectivity index (χ1n) is 5.80. The highest BCUT2D eigenvalue weighted by atomic mass is 16.2. The molecule has 4 heteroatoms. The van der Waals surface area contributed by atoms with Crippen LogP contribution >= 0.6 is 0 Å². The first-order valence-corrected chi connectivity index (χ1v) is 5.80. The van der Waals surface area contributed by atoms with Crippen LogP contribution in [0.4, 0.5) is 0 Å². The summed E-state index contributed by atoms with van der Waals surface area (Å²) in [7, 11) is 1.98. The topological polar surface area (TPSA) is 44.4 Å². The minimum Gasteiger partial charge on any atom is -0.351 e. The first-order chi connectivity index (χ1) is 7.09. The van der Waals surface area contributed by atoms with Gasteiger partial charge in [-0.3, -0.25) is 9.69 Å². The summed E-state index contributed by atoms with van der Waals surface area (Å²) >= 11 is 0. The van der Waals surface area contributed by atoms with Gasteiger partial charge in [0.05, 0.1) is 6.54 Å². The van der Waals surface area contributed by atoms with E-state index in [9.17, 15) is 4.79 Å². The molecule has 1 aliphatic rings. The van der Waals surface area contributed by atoms with Gasteiger partial charge >= 0.3 is 0 Å². The standard InChI is InChI=1S/C11H23N3O/c1-9(2)14(3)8-11(15)13-10-5-4-6-12-7-10/h9-10,12H,4-8H2,1-3H3,(H,13,15). The molecule has 1 saturated heterocycles. The van der Waals surface area contributed by atoms with E-state index in [0.29, 0.717) is 18.6 Å². The molecule has 0 saturated carbocycles. The van der Waals surface area contributed by atoms with Crippen molar-refractivity contribution in [1.29, 1.82) is 0 Å². The zero-order chi connectivity index (χ0) is 11.3. The normalized spacial score (nSPS) is 22.1. The molecular formula is C11H23N3O. The van der Waals surface area contributed by atoms with Crippen molar-refractivity contribution in [3.05, 3.63) is 0 Å². The minimum absolute atomic E-state index is 0.139. The quantitative estimate of drug-likeness (QED) is 0.701. The summed E-state index contributed by atoms with van der Waals surface area (Å²) in [5.41, 5.74) is 0. The van der Waals surface area contributed by atoms with Gasteiger partial charge < -0.3 is 10.6 Å². The Balaban J connectivity index is 2.22. The molecule has 0 bridgehead atoms. The average molecular weight is 213 g/mol. The number of piperidine rings is 1. The SMILES string of the molecule is CC(C)N(C)CC(=O)NC1CCCNC1. The van der Waals surface area contributed by atoms with E-state index in [2.05, 4.69) is 24.5 Å². The molecule has 1 fully saturated rings. The predicted molar refractivity (Wildman–Crippen MR) is 61.8 cm³/mol. The summed E-state index contributed by atoms with van der Waals surface area (Å²) in [6, 6.07) is 0.743. The first kappa shape index (κ1) is 12.5. The van der Waals surface area contributed by atoms with E-state index >= 15 is 0 Å². The Kier molecular flexibility index (Phi) is 5.05. The number of amides is 1. The van der Waals surface area contributed by atoms with Crippen LogP contribution in [0.2, 0.25) is 0 Å². The lowest BCUT2D eigenvalue weighted by atomic mass is 10.1. The van der Waals surface area contributed by atoms with Crippen LogP contribution in [0.15, 0.2) is 0 Å². The zero-order valence-corrected chi connectivity index (χ0v) is 10.0. The number of carbonyl (C=O) groups excluding carboxylic acids is 1. The largest absolute Gasteiger partial charge is 0.351 e. The number of hydrogen-bond donors (Lipinski definition) is 2. The van der Waals surface area contributed by atoms with E-state index in [0.717, 1.165) is 25.9 Å². The van der Waals surface area contributed by atoms with Gasteiger partial charge in [0.1, 0.15) is 0 Å². The molecule has 15 heavy (non-hydrogen) atoms. The number of hydrogen-bond acceptors (Lipinski definition) is 3. The Morgan fingerprint density at radius 1 is 1.60 bits per heavy atom. The highest BCUT2D eigenvalue weighted by Crippen LogP contribution is 2.01. The molecule has 1 heterocycles. The number of nitrogens with one attached hydrogen (secondary N) is 2. The molecule has 1 unspecified atom stereocenters. The molecule has 2 N–H and O–H groups in total. The summed E-state index contributed by atoms with van der Waals surface area (Å²) in [5, 5.41) is 6.35. The van der Waals surface area contributed by atoms with Gasteiger partial charge in [-0.15, -0.1) is 0 Å². The Hall–Kier alpha value is -0.610.